The Bertz CT molecular complexity index is 503. The lowest BCUT2D eigenvalue weighted by atomic mass is 10.0. The Morgan fingerprint density at radius 3 is 2.30 bits per heavy atom. The standard InChI is InChI=1S/C18H24N2/c1-14(2)11-16-6-8-17(9-7-16)12-20-15(3)18-5-4-10-19-13-18/h4-10,13-15,20H,11-12H2,1-3H3. The zero-order valence-corrected chi connectivity index (χ0v) is 12.6. The molecule has 2 aromatic rings. The van der Waals surface area contributed by atoms with Crippen LogP contribution in [0.1, 0.15) is 43.5 Å². The van der Waals surface area contributed by atoms with Crippen LogP contribution < -0.4 is 5.32 Å². The van der Waals surface area contributed by atoms with Crippen LogP contribution in [0.3, 0.4) is 0 Å². The summed E-state index contributed by atoms with van der Waals surface area (Å²) in [6.45, 7) is 7.57. The lowest BCUT2D eigenvalue weighted by molar-refractivity contribution is 0.573. The molecule has 1 atom stereocenters. The van der Waals surface area contributed by atoms with E-state index in [1.54, 1.807) is 0 Å². The first kappa shape index (κ1) is 14.7. The van der Waals surface area contributed by atoms with E-state index in [1.807, 2.05) is 18.5 Å². The second-order valence-corrected chi connectivity index (χ2v) is 5.80. The van der Waals surface area contributed by atoms with Gasteiger partial charge in [0.2, 0.25) is 0 Å². The van der Waals surface area contributed by atoms with Crippen LogP contribution in [-0.4, -0.2) is 4.98 Å². The molecule has 2 nitrogen and oxygen atoms in total. The van der Waals surface area contributed by atoms with Crippen LogP contribution in [0.5, 0.6) is 0 Å². The van der Waals surface area contributed by atoms with Crippen molar-refractivity contribution < 1.29 is 0 Å². The highest BCUT2D eigenvalue weighted by molar-refractivity contribution is 5.23. The Morgan fingerprint density at radius 1 is 1.00 bits per heavy atom. The fourth-order valence-electron chi connectivity index (χ4n) is 2.29. The normalized spacial score (nSPS) is 12.6. The first-order chi connectivity index (χ1) is 9.65. The van der Waals surface area contributed by atoms with Crippen molar-refractivity contribution in [2.45, 2.75) is 39.8 Å². The van der Waals surface area contributed by atoms with Gasteiger partial charge in [0.15, 0.2) is 0 Å². The lowest BCUT2D eigenvalue weighted by Crippen LogP contribution is -2.18. The Kier molecular flexibility index (Phi) is 5.31. The van der Waals surface area contributed by atoms with Gasteiger partial charge in [0.1, 0.15) is 0 Å². The van der Waals surface area contributed by atoms with Crippen LogP contribution in [0, 0.1) is 5.92 Å². The Labute approximate surface area is 122 Å². The molecule has 0 bridgehead atoms. The second-order valence-electron chi connectivity index (χ2n) is 5.80. The Hall–Kier alpha value is -1.67. The third kappa shape index (κ3) is 4.46. The van der Waals surface area contributed by atoms with Crippen molar-refractivity contribution in [3.05, 3.63) is 65.5 Å². The number of benzene rings is 1. The number of pyridine rings is 1. The number of aromatic nitrogens is 1. The summed E-state index contributed by atoms with van der Waals surface area (Å²) in [7, 11) is 0. The van der Waals surface area contributed by atoms with Gasteiger partial charge in [0.25, 0.3) is 0 Å². The first-order valence-corrected chi connectivity index (χ1v) is 7.36. The highest BCUT2D eigenvalue weighted by Gasteiger charge is 2.04. The molecule has 0 fully saturated rings. The lowest BCUT2D eigenvalue weighted by Gasteiger charge is -2.14. The maximum absolute atomic E-state index is 4.16. The molecule has 0 spiro atoms. The van der Waals surface area contributed by atoms with Crippen molar-refractivity contribution in [1.29, 1.82) is 0 Å². The molecule has 1 heterocycles. The summed E-state index contributed by atoms with van der Waals surface area (Å²) in [6, 6.07) is 13.3. The first-order valence-electron chi connectivity index (χ1n) is 7.36. The summed E-state index contributed by atoms with van der Waals surface area (Å²) in [6.07, 6.45) is 4.88. The fourth-order valence-corrected chi connectivity index (χ4v) is 2.29. The van der Waals surface area contributed by atoms with E-state index in [2.05, 4.69) is 61.4 Å². The number of nitrogens with zero attached hydrogens (tertiary/aromatic N) is 1. The third-order valence-corrected chi connectivity index (χ3v) is 3.46. The molecule has 106 valence electrons. The molecule has 1 N–H and O–H groups in total. The topological polar surface area (TPSA) is 24.9 Å². The van der Waals surface area contributed by atoms with E-state index in [-0.39, 0.29) is 0 Å². The number of nitrogens with one attached hydrogen (secondary N) is 1. The maximum atomic E-state index is 4.16. The fraction of sp³-hybridized carbons (Fsp3) is 0.389. The Balaban J connectivity index is 1.88. The SMILES string of the molecule is CC(C)Cc1ccc(CNC(C)c2cccnc2)cc1. The van der Waals surface area contributed by atoms with Crippen LogP contribution in [0.4, 0.5) is 0 Å². The molecule has 0 amide bonds. The predicted molar refractivity (Wildman–Crippen MR) is 84.5 cm³/mol. The average molecular weight is 268 g/mol. The van der Waals surface area contributed by atoms with Crippen molar-refractivity contribution in [2.24, 2.45) is 5.92 Å². The minimum Gasteiger partial charge on any atom is -0.306 e. The van der Waals surface area contributed by atoms with E-state index < -0.39 is 0 Å². The van der Waals surface area contributed by atoms with E-state index in [9.17, 15) is 0 Å². The number of hydrogen-bond acceptors (Lipinski definition) is 2. The summed E-state index contributed by atoms with van der Waals surface area (Å²) in [5.41, 5.74) is 3.97. The zero-order chi connectivity index (χ0) is 14.4. The molecule has 2 heteroatoms. The third-order valence-electron chi connectivity index (χ3n) is 3.46. The monoisotopic (exact) mass is 268 g/mol. The van der Waals surface area contributed by atoms with E-state index in [0.29, 0.717) is 12.0 Å². The minimum atomic E-state index is 0.319. The van der Waals surface area contributed by atoms with Gasteiger partial charge in [0, 0.05) is 25.0 Å². The molecule has 0 aliphatic rings. The maximum Gasteiger partial charge on any atom is 0.0315 e. The molecule has 2 rings (SSSR count). The molecule has 0 radical (unpaired) electrons. The summed E-state index contributed by atoms with van der Waals surface area (Å²) in [4.78, 5) is 4.16. The van der Waals surface area contributed by atoms with Crippen molar-refractivity contribution in [1.82, 2.24) is 10.3 Å². The van der Waals surface area contributed by atoms with Crippen LogP contribution in [0.25, 0.3) is 0 Å². The predicted octanol–water partition coefficient (Wildman–Crippen LogP) is 4.13. The van der Waals surface area contributed by atoms with Crippen LogP contribution in [-0.2, 0) is 13.0 Å². The largest absolute Gasteiger partial charge is 0.306 e. The molecule has 1 aromatic heterocycles. The number of rotatable bonds is 6. The van der Waals surface area contributed by atoms with Gasteiger partial charge in [-0.2, -0.15) is 0 Å². The van der Waals surface area contributed by atoms with E-state index in [4.69, 9.17) is 0 Å². The zero-order valence-electron chi connectivity index (χ0n) is 12.6. The van der Waals surface area contributed by atoms with E-state index >= 15 is 0 Å². The molecule has 1 aromatic carbocycles. The molecule has 0 aliphatic carbocycles. The van der Waals surface area contributed by atoms with Crippen LogP contribution in [0.2, 0.25) is 0 Å². The Morgan fingerprint density at radius 2 is 1.70 bits per heavy atom. The van der Waals surface area contributed by atoms with E-state index in [0.717, 1.165) is 13.0 Å². The van der Waals surface area contributed by atoms with Crippen molar-refractivity contribution in [3.8, 4) is 0 Å². The molecule has 0 aliphatic heterocycles. The molecular formula is C18H24N2. The van der Waals surface area contributed by atoms with Crippen molar-refractivity contribution in [2.75, 3.05) is 0 Å². The van der Waals surface area contributed by atoms with Gasteiger partial charge in [0.05, 0.1) is 0 Å². The molecular weight excluding hydrogens is 244 g/mol. The van der Waals surface area contributed by atoms with Gasteiger partial charge in [-0.3, -0.25) is 4.98 Å². The average Bonchev–Trinajstić information content (AvgIpc) is 2.46. The quantitative estimate of drug-likeness (QED) is 0.852. The molecule has 0 saturated carbocycles. The highest BCUT2D eigenvalue weighted by Crippen LogP contribution is 2.13. The summed E-state index contributed by atoms with van der Waals surface area (Å²) in [5.74, 6) is 0.713. The highest BCUT2D eigenvalue weighted by atomic mass is 14.9. The van der Waals surface area contributed by atoms with Gasteiger partial charge in [-0.1, -0.05) is 44.2 Å². The molecule has 0 saturated heterocycles. The molecule has 1 unspecified atom stereocenters. The van der Waals surface area contributed by atoms with Crippen LogP contribution >= 0.6 is 0 Å². The van der Waals surface area contributed by atoms with Gasteiger partial charge in [-0.05, 0) is 42.0 Å². The summed E-state index contributed by atoms with van der Waals surface area (Å²) in [5, 5.41) is 3.54. The van der Waals surface area contributed by atoms with Gasteiger partial charge >= 0.3 is 0 Å². The van der Waals surface area contributed by atoms with E-state index in [1.165, 1.54) is 16.7 Å². The van der Waals surface area contributed by atoms with Gasteiger partial charge in [-0.15, -0.1) is 0 Å². The van der Waals surface area contributed by atoms with Gasteiger partial charge in [-0.25, -0.2) is 0 Å². The minimum absolute atomic E-state index is 0.319. The summed E-state index contributed by atoms with van der Waals surface area (Å²) < 4.78 is 0. The van der Waals surface area contributed by atoms with Gasteiger partial charge < -0.3 is 5.32 Å². The number of hydrogen-bond donors (Lipinski definition) is 1. The smallest absolute Gasteiger partial charge is 0.0315 e. The van der Waals surface area contributed by atoms with Crippen molar-refractivity contribution >= 4 is 0 Å². The van der Waals surface area contributed by atoms with Crippen LogP contribution in [0.15, 0.2) is 48.8 Å². The van der Waals surface area contributed by atoms with Crippen molar-refractivity contribution in [3.63, 3.8) is 0 Å². The summed E-state index contributed by atoms with van der Waals surface area (Å²) >= 11 is 0. The second kappa shape index (κ2) is 7.20. The molecule has 20 heavy (non-hydrogen) atoms.